The highest BCUT2D eigenvalue weighted by Gasteiger charge is 2.08. The van der Waals surface area contributed by atoms with Crippen LogP contribution in [0.1, 0.15) is 22.3 Å². The van der Waals surface area contributed by atoms with Crippen molar-refractivity contribution in [3.05, 3.63) is 63.7 Å². The SMILES string of the molecule is Cc1cc(C#N)ccc1COc1cccc(Cl)c1CCN. The first-order valence-electron chi connectivity index (χ1n) is 6.75. The van der Waals surface area contributed by atoms with Crippen LogP contribution in [-0.2, 0) is 13.0 Å². The molecular formula is C17H17ClN2O. The van der Waals surface area contributed by atoms with E-state index in [0.29, 0.717) is 30.2 Å². The van der Waals surface area contributed by atoms with E-state index in [4.69, 9.17) is 27.3 Å². The monoisotopic (exact) mass is 300 g/mol. The van der Waals surface area contributed by atoms with Gasteiger partial charge in [-0.05, 0) is 55.3 Å². The van der Waals surface area contributed by atoms with Gasteiger partial charge < -0.3 is 10.5 Å². The smallest absolute Gasteiger partial charge is 0.124 e. The summed E-state index contributed by atoms with van der Waals surface area (Å²) in [5, 5.41) is 9.55. The fourth-order valence-corrected chi connectivity index (χ4v) is 2.40. The third kappa shape index (κ3) is 3.75. The lowest BCUT2D eigenvalue weighted by Gasteiger charge is -2.13. The lowest BCUT2D eigenvalue weighted by Crippen LogP contribution is -2.06. The lowest BCUT2D eigenvalue weighted by atomic mass is 10.1. The van der Waals surface area contributed by atoms with Crippen LogP contribution in [0.2, 0.25) is 5.02 Å². The van der Waals surface area contributed by atoms with Gasteiger partial charge in [0.25, 0.3) is 0 Å². The summed E-state index contributed by atoms with van der Waals surface area (Å²) in [5.41, 5.74) is 9.30. The molecule has 0 aliphatic carbocycles. The second-order valence-corrected chi connectivity index (χ2v) is 5.20. The van der Waals surface area contributed by atoms with Crippen LogP contribution in [-0.4, -0.2) is 6.54 Å². The summed E-state index contributed by atoms with van der Waals surface area (Å²) in [6, 6.07) is 13.3. The first-order chi connectivity index (χ1) is 10.2. The topological polar surface area (TPSA) is 59.0 Å². The van der Waals surface area contributed by atoms with Crippen LogP contribution in [0.5, 0.6) is 5.75 Å². The highest BCUT2D eigenvalue weighted by atomic mass is 35.5. The van der Waals surface area contributed by atoms with Crippen LogP contribution in [0.4, 0.5) is 0 Å². The minimum absolute atomic E-state index is 0.440. The number of halogens is 1. The van der Waals surface area contributed by atoms with E-state index >= 15 is 0 Å². The highest BCUT2D eigenvalue weighted by Crippen LogP contribution is 2.27. The molecule has 3 nitrogen and oxygen atoms in total. The Balaban J connectivity index is 2.17. The number of benzene rings is 2. The molecule has 0 unspecified atom stereocenters. The van der Waals surface area contributed by atoms with E-state index < -0.39 is 0 Å². The van der Waals surface area contributed by atoms with Crippen LogP contribution in [0.15, 0.2) is 36.4 Å². The quantitative estimate of drug-likeness (QED) is 0.918. The molecule has 2 aromatic carbocycles. The summed E-state index contributed by atoms with van der Waals surface area (Å²) in [6.45, 7) is 2.93. The van der Waals surface area contributed by atoms with Crippen LogP contribution in [0.3, 0.4) is 0 Å². The molecule has 0 saturated heterocycles. The second-order valence-electron chi connectivity index (χ2n) is 4.80. The minimum atomic E-state index is 0.440. The number of ether oxygens (including phenoxy) is 1. The maximum absolute atomic E-state index is 8.88. The Labute approximate surface area is 129 Å². The Hall–Kier alpha value is -2.02. The summed E-state index contributed by atoms with van der Waals surface area (Å²) in [4.78, 5) is 0. The van der Waals surface area contributed by atoms with E-state index in [9.17, 15) is 0 Å². The molecule has 4 heteroatoms. The molecule has 0 spiro atoms. The van der Waals surface area contributed by atoms with Crippen LogP contribution in [0.25, 0.3) is 0 Å². The minimum Gasteiger partial charge on any atom is -0.489 e. The first kappa shape index (κ1) is 15.4. The zero-order valence-electron chi connectivity index (χ0n) is 11.9. The molecular weight excluding hydrogens is 284 g/mol. The van der Waals surface area contributed by atoms with Crippen molar-refractivity contribution in [2.45, 2.75) is 20.0 Å². The summed E-state index contributed by atoms with van der Waals surface area (Å²) >= 11 is 6.19. The van der Waals surface area contributed by atoms with Gasteiger partial charge in [-0.1, -0.05) is 23.7 Å². The van der Waals surface area contributed by atoms with Crippen molar-refractivity contribution in [2.24, 2.45) is 5.73 Å². The van der Waals surface area contributed by atoms with E-state index in [-0.39, 0.29) is 0 Å². The molecule has 0 radical (unpaired) electrons. The van der Waals surface area contributed by atoms with Crippen molar-refractivity contribution < 1.29 is 4.74 Å². The van der Waals surface area contributed by atoms with Crippen molar-refractivity contribution in [1.29, 1.82) is 5.26 Å². The Morgan fingerprint density at radius 3 is 2.76 bits per heavy atom. The van der Waals surface area contributed by atoms with Crippen molar-refractivity contribution in [3.8, 4) is 11.8 Å². The van der Waals surface area contributed by atoms with Crippen molar-refractivity contribution in [3.63, 3.8) is 0 Å². The van der Waals surface area contributed by atoms with Crippen molar-refractivity contribution >= 4 is 11.6 Å². The van der Waals surface area contributed by atoms with Gasteiger partial charge >= 0.3 is 0 Å². The molecule has 0 aliphatic heterocycles. The van der Waals surface area contributed by atoms with Gasteiger partial charge in [0.15, 0.2) is 0 Å². The van der Waals surface area contributed by atoms with Crippen LogP contribution >= 0.6 is 11.6 Å². The largest absolute Gasteiger partial charge is 0.489 e. The highest BCUT2D eigenvalue weighted by molar-refractivity contribution is 6.31. The molecule has 0 aliphatic rings. The Kier molecular flexibility index (Phi) is 5.21. The Morgan fingerprint density at radius 1 is 1.29 bits per heavy atom. The Bertz CT molecular complexity index is 677. The molecule has 0 amide bonds. The predicted octanol–water partition coefficient (Wildman–Crippen LogP) is 3.60. The standard InChI is InChI=1S/C17H17ClN2O/c1-12-9-13(10-20)5-6-14(12)11-21-17-4-2-3-16(18)15(17)7-8-19/h2-6,9H,7-8,11,19H2,1H3. The van der Waals surface area contributed by atoms with Crippen LogP contribution in [0, 0.1) is 18.3 Å². The third-order valence-corrected chi connectivity index (χ3v) is 3.68. The molecule has 2 aromatic rings. The maximum Gasteiger partial charge on any atom is 0.124 e. The fourth-order valence-electron chi connectivity index (χ4n) is 2.14. The number of aryl methyl sites for hydroxylation is 1. The zero-order valence-corrected chi connectivity index (χ0v) is 12.7. The summed E-state index contributed by atoms with van der Waals surface area (Å²) in [7, 11) is 0. The number of rotatable bonds is 5. The number of nitrogens with zero attached hydrogens (tertiary/aromatic N) is 1. The van der Waals surface area contributed by atoms with Crippen molar-refractivity contribution in [1.82, 2.24) is 0 Å². The van der Waals surface area contributed by atoms with Gasteiger partial charge in [-0.2, -0.15) is 5.26 Å². The average Bonchev–Trinajstić information content (AvgIpc) is 2.49. The van der Waals surface area contributed by atoms with Crippen molar-refractivity contribution in [2.75, 3.05) is 6.54 Å². The molecule has 108 valence electrons. The Morgan fingerprint density at radius 2 is 2.10 bits per heavy atom. The summed E-state index contributed by atoms with van der Waals surface area (Å²) in [5.74, 6) is 0.761. The van der Waals surface area contributed by atoms with E-state index in [1.165, 1.54) is 0 Å². The van der Waals surface area contributed by atoms with Gasteiger partial charge in [0.05, 0.1) is 11.6 Å². The van der Waals surface area contributed by atoms with Gasteiger partial charge in [-0.15, -0.1) is 0 Å². The second kappa shape index (κ2) is 7.12. The van der Waals surface area contributed by atoms with Gasteiger partial charge in [-0.25, -0.2) is 0 Å². The number of nitrogens with two attached hydrogens (primary N) is 1. The molecule has 0 saturated carbocycles. The normalized spacial score (nSPS) is 10.2. The molecule has 0 heterocycles. The summed E-state index contributed by atoms with van der Waals surface area (Å²) in [6.07, 6.45) is 0.682. The zero-order chi connectivity index (χ0) is 15.2. The van der Waals surface area contributed by atoms with E-state index in [0.717, 1.165) is 22.4 Å². The molecule has 2 N–H and O–H groups in total. The average molecular weight is 301 g/mol. The van der Waals surface area contributed by atoms with Gasteiger partial charge in [0.1, 0.15) is 12.4 Å². The first-order valence-corrected chi connectivity index (χ1v) is 7.13. The molecule has 0 aromatic heterocycles. The molecule has 0 fully saturated rings. The predicted molar refractivity (Wildman–Crippen MR) is 84.4 cm³/mol. The molecule has 0 atom stereocenters. The van der Waals surface area contributed by atoms with E-state index in [2.05, 4.69) is 6.07 Å². The van der Waals surface area contributed by atoms with E-state index in [1.54, 1.807) is 6.07 Å². The molecule has 0 bridgehead atoms. The fraction of sp³-hybridized carbons (Fsp3) is 0.235. The molecule has 21 heavy (non-hydrogen) atoms. The van der Waals surface area contributed by atoms with Gasteiger partial charge in [-0.3, -0.25) is 0 Å². The van der Waals surface area contributed by atoms with E-state index in [1.807, 2.05) is 37.3 Å². The summed E-state index contributed by atoms with van der Waals surface area (Å²) < 4.78 is 5.89. The number of hydrogen-bond acceptors (Lipinski definition) is 3. The molecule has 2 rings (SSSR count). The van der Waals surface area contributed by atoms with Gasteiger partial charge in [0.2, 0.25) is 0 Å². The maximum atomic E-state index is 8.88. The van der Waals surface area contributed by atoms with Crippen LogP contribution < -0.4 is 10.5 Å². The third-order valence-electron chi connectivity index (χ3n) is 3.33. The lowest BCUT2D eigenvalue weighted by molar-refractivity contribution is 0.302. The number of nitriles is 1. The van der Waals surface area contributed by atoms with Gasteiger partial charge in [0, 0.05) is 10.6 Å². The number of hydrogen-bond donors (Lipinski definition) is 1.